The average Bonchev–Trinajstić information content (AvgIpc) is 2.71. The maximum Gasteiger partial charge on any atom is 0.460 e. The summed E-state index contributed by atoms with van der Waals surface area (Å²) in [7, 11) is 0. The van der Waals surface area contributed by atoms with E-state index in [0.717, 1.165) is 46.9 Å². The van der Waals surface area contributed by atoms with Crippen molar-refractivity contribution in [2.75, 3.05) is 0 Å². The van der Waals surface area contributed by atoms with E-state index < -0.39 is 57.5 Å². The van der Waals surface area contributed by atoms with Crippen LogP contribution in [0.3, 0.4) is 0 Å². The maximum atomic E-state index is 14.3. The van der Waals surface area contributed by atoms with E-state index in [0.29, 0.717) is 0 Å². The molecule has 0 saturated carbocycles. The summed E-state index contributed by atoms with van der Waals surface area (Å²) in [6.07, 6.45) is -7.77. The fraction of sp³-hybridized carbons (Fsp3) is 0.647. The molecule has 0 heterocycles. The van der Waals surface area contributed by atoms with Gasteiger partial charge in [-0.15, -0.1) is 0 Å². The van der Waals surface area contributed by atoms with E-state index in [-0.39, 0.29) is 12.5 Å². The second-order valence-corrected chi connectivity index (χ2v) is 8.51. The van der Waals surface area contributed by atoms with Crippen molar-refractivity contribution >= 4 is 22.6 Å². The molecule has 0 N–H and O–H groups in total. The van der Waals surface area contributed by atoms with Crippen molar-refractivity contribution in [3.63, 3.8) is 0 Å². The van der Waals surface area contributed by atoms with Crippen LogP contribution in [0, 0.1) is 5.92 Å². The van der Waals surface area contributed by atoms with Crippen LogP contribution in [0.15, 0.2) is 30.3 Å². The highest BCUT2D eigenvalue weighted by molar-refractivity contribution is 14.1. The molecule has 0 aromatic heterocycles. The third-order valence-corrected chi connectivity index (χ3v) is 6.67. The summed E-state index contributed by atoms with van der Waals surface area (Å²) in [6, 6.07) is 5.50. The van der Waals surface area contributed by atoms with Crippen molar-refractivity contribution in [2.45, 2.75) is 58.5 Å². The molecule has 18 heteroatoms. The van der Waals surface area contributed by atoms with Gasteiger partial charge in [0.2, 0.25) is 0 Å². The first kappa shape index (κ1) is 31.8. The zero-order valence-electron chi connectivity index (χ0n) is 16.3. The summed E-state index contributed by atoms with van der Waals surface area (Å²) < 4.78 is 225. The minimum absolute atomic E-state index is 0.0663. The van der Waals surface area contributed by atoms with Crippen LogP contribution >= 0.6 is 22.6 Å². The zero-order chi connectivity index (χ0) is 28.3. The first-order valence-electron chi connectivity index (χ1n) is 8.58. The third-order valence-electron chi connectivity index (χ3n) is 4.88. The highest BCUT2D eigenvalue weighted by atomic mass is 127. The van der Waals surface area contributed by atoms with Gasteiger partial charge >= 0.3 is 47.6 Å². The van der Waals surface area contributed by atoms with Gasteiger partial charge in [-0.3, -0.25) is 0 Å². The number of halogens is 18. The van der Waals surface area contributed by atoms with Gasteiger partial charge in [0, 0.05) is 9.84 Å². The third kappa shape index (κ3) is 4.42. The summed E-state index contributed by atoms with van der Waals surface area (Å²) in [4.78, 5) is 0. The zero-order valence-corrected chi connectivity index (χ0v) is 18.5. The van der Waals surface area contributed by atoms with Gasteiger partial charge in [-0.05, 0) is 5.56 Å². The topological polar surface area (TPSA) is 0 Å². The predicted octanol–water partition coefficient (Wildman–Crippen LogP) is 8.81. The molecule has 0 fully saturated rings. The lowest BCUT2D eigenvalue weighted by Gasteiger charge is -2.44. The second-order valence-electron chi connectivity index (χ2n) is 7.17. The molecule has 2 unspecified atom stereocenters. The van der Waals surface area contributed by atoms with Gasteiger partial charge in [-0.2, -0.15) is 74.6 Å². The summed E-state index contributed by atoms with van der Waals surface area (Å²) in [5.74, 6) is -59.3. The normalized spacial score (nSPS) is 17.3. The van der Waals surface area contributed by atoms with E-state index in [2.05, 4.69) is 0 Å². The molecule has 0 aliphatic carbocycles. The fourth-order valence-electron chi connectivity index (χ4n) is 2.57. The van der Waals surface area contributed by atoms with Gasteiger partial charge in [0.1, 0.15) is 0 Å². The molecule has 2 atom stereocenters. The van der Waals surface area contributed by atoms with Gasteiger partial charge < -0.3 is 0 Å². The molecule has 0 bridgehead atoms. The van der Waals surface area contributed by atoms with E-state index in [1.807, 2.05) is 0 Å². The number of hydrogen-bond acceptors (Lipinski definition) is 0. The number of benzene rings is 1. The minimum Gasteiger partial charge on any atom is -0.199 e. The molecular formula is C17H10F17I. The molecule has 0 amide bonds. The molecular weight excluding hydrogens is 654 g/mol. The molecule has 0 aliphatic heterocycles. The number of alkyl halides is 18. The van der Waals surface area contributed by atoms with E-state index in [9.17, 15) is 74.6 Å². The number of rotatable bonds is 9. The molecule has 0 aliphatic rings. The van der Waals surface area contributed by atoms with E-state index >= 15 is 0 Å². The van der Waals surface area contributed by atoms with Gasteiger partial charge in [-0.1, -0.05) is 59.8 Å². The van der Waals surface area contributed by atoms with Gasteiger partial charge in [-0.25, -0.2) is 0 Å². The Kier molecular flexibility index (Phi) is 8.13. The molecule has 0 spiro atoms. The van der Waals surface area contributed by atoms with Gasteiger partial charge in [0.25, 0.3) is 0 Å². The van der Waals surface area contributed by atoms with Crippen LogP contribution in [0.2, 0.25) is 0 Å². The Bertz CT molecular complexity index is 874. The summed E-state index contributed by atoms with van der Waals surface area (Å²) >= 11 is 0.958. The Morgan fingerprint density at radius 1 is 0.514 bits per heavy atom. The van der Waals surface area contributed by atoms with Crippen LogP contribution in [-0.4, -0.2) is 47.6 Å². The van der Waals surface area contributed by atoms with Crippen LogP contribution in [0.25, 0.3) is 0 Å². The molecule has 1 aromatic rings. The maximum absolute atomic E-state index is 14.3. The first-order chi connectivity index (χ1) is 15.2. The predicted molar refractivity (Wildman–Crippen MR) is 93.1 cm³/mol. The van der Waals surface area contributed by atoms with Crippen molar-refractivity contribution < 1.29 is 74.6 Å². The van der Waals surface area contributed by atoms with Crippen LogP contribution in [0.5, 0.6) is 0 Å². The quantitative estimate of drug-likeness (QED) is 0.141. The standard InChI is InChI=1S/C17H10F17I/c1-7(9(35)8-5-3-2-4-6-8)10(18,19)11(20,21)12(22,23)13(24,25)14(26,27)15(28,29)16(30,31)17(32,33)34/h2-7,9H,1H3. The lowest BCUT2D eigenvalue weighted by Crippen LogP contribution is -2.74. The summed E-state index contributed by atoms with van der Waals surface area (Å²) in [5.41, 5.74) is -0.298. The molecule has 0 nitrogen and oxygen atoms in total. The smallest absolute Gasteiger partial charge is 0.199 e. The minimum atomic E-state index is -8.62. The molecule has 35 heavy (non-hydrogen) atoms. The van der Waals surface area contributed by atoms with Crippen molar-refractivity contribution in [3.05, 3.63) is 35.9 Å². The lowest BCUT2D eigenvalue weighted by atomic mass is 9.83. The molecule has 1 rings (SSSR count). The fourth-order valence-corrected chi connectivity index (χ4v) is 3.44. The Balaban J connectivity index is 3.63. The SMILES string of the molecule is CC(C(I)c1ccccc1)C(F)(F)C(F)(F)C(F)(F)C(F)(F)C(F)(F)C(F)(F)C(F)(F)C(F)(F)F. The second kappa shape index (κ2) is 8.95. The Morgan fingerprint density at radius 2 is 0.829 bits per heavy atom. The van der Waals surface area contributed by atoms with E-state index in [1.54, 1.807) is 0 Å². The van der Waals surface area contributed by atoms with Crippen LogP contribution in [-0.2, 0) is 0 Å². The van der Waals surface area contributed by atoms with Crippen molar-refractivity contribution in [1.29, 1.82) is 0 Å². The van der Waals surface area contributed by atoms with Gasteiger partial charge in [0.05, 0.1) is 0 Å². The molecule has 0 radical (unpaired) electrons. The lowest BCUT2D eigenvalue weighted by molar-refractivity contribution is -0.463. The Morgan fingerprint density at radius 3 is 1.17 bits per heavy atom. The van der Waals surface area contributed by atoms with E-state index in [1.165, 1.54) is 6.07 Å². The highest BCUT2D eigenvalue weighted by Gasteiger charge is 2.95. The highest BCUT2D eigenvalue weighted by Crippen LogP contribution is 2.65. The Hall–Kier alpha value is -1.24. The molecule has 1 aromatic carbocycles. The monoisotopic (exact) mass is 664 g/mol. The molecule has 0 saturated heterocycles. The number of hydrogen-bond donors (Lipinski definition) is 0. The largest absolute Gasteiger partial charge is 0.460 e. The molecule has 204 valence electrons. The van der Waals surface area contributed by atoms with Gasteiger partial charge in [0.15, 0.2) is 0 Å². The first-order valence-corrected chi connectivity index (χ1v) is 9.83. The van der Waals surface area contributed by atoms with Crippen LogP contribution < -0.4 is 0 Å². The van der Waals surface area contributed by atoms with Crippen molar-refractivity contribution in [2.24, 2.45) is 5.92 Å². The average molecular weight is 664 g/mol. The van der Waals surface area contributed by atoms with E-state index in [4.69, 9.17) is 0 Å². The Labute approximate surface area is 198 Å². The van der Waals surface area contributed by atoms with Crippen LogP contribution in [0.4, 0.5) is 74.6 Å². The summed E-state index contributed by atoms with van der Waals surface area (Å²) in [6.45, 7) is 0.0663. The summed E-state index contributed by atoms with van der Waals surface area (Å²) in [5, 5.41) is 0. The van der Waals surface area contributed by atoms with Crippen LogP contribution in [0.1, 0.15) is 16.4 Å². The van der Waals surface area contributed by atoms with Crippen molar-refractivity contribution in [3.8, 4) is 0 Å². The van der Waals surface area contributed by atoms with Crippen molar-refractivity contribution in [1.82, 2.24) is 0 Å².